The van der Waals surface area contributed by atoms with Crippen LogP contribution in [-0.4, -0.2) is 31.8 Å². The zero-order valence-electron chi connectivity index (χ0n) is 16.6. The van der Waals surface area contributed by atoms with Crippen molar-refractivity contribution in [3.8, 4) is 5.69 Å². The third kappa shape index (κ3) is 3.71. The number of aryl methyl sites for hydroxylation is 2. The van der Waals surface area contributed by atoms with Crippen molar-refractivity contribution in [2.75, 3.05) is 6.54 Å². The van der Waals surface area contributed by atoms with Crippen LogP contribution in [0, 0.1) is 13.8 Å². The molecule has 4 rings (SSSR count). The second kappa shape index (κ2) is 8.12. The lowest BCUT2D eigenvalue weighted by molar-refractivity contribution is 0.0944. The highest BCUT2D eigenvalue weighted by molar-refractivity contribution is 6.32. The van der Waals surface area contributed by atoms with Gasteiger partial charge in [0.25, 0.3) is 5.91 Å². The topological polar surface area (TPSA) is 81.8 Å². The Morgan fingerprint density at radius 2 is 1.83 bits per heavy atom. The first-order chi connectivity index (χ1) is 14.5. The van der Waals surface area contributed by atoms with Crippen molar-refractivity contribution in [1.29, 1.82) is 0 Å². The lowest BCUT2D eigenvalue weighted by Gasteiger charge is -2.13. The molecule has 0 aliphatic heterocycles. The van der Waals surface area contributed by atoms with Gasteiger partial charge < -0.3 is 9.88 Å². The van der Waals surface area contributed by atoms with E-state index < -0.39 is 11.3 Å². The summed E-state index contributed by atoms with van der Waals surface area (Å²) >= 11 is 6.26. The Labute approximate surface area is 177 Å². The summed E-state index contributed by atoms with van der Waals surface area (Å²) in [7, 11) is 0. The van der Waals surface area contributed by atoms with Crippen LogP contribution in [0.2, 0.25) is 5.02 Å². The lowest BCUT2D eigenvalue weighted by Crippen LogP contribution is -2.34. The number of benzene rings is 2. The van der Waals surface area contributed by atoms with Crippen molar-refractivity contribution in [1.82, 2.24) is 24.6 Å². The SMILES string of the molecule is Cc1cc(=O)c(C(=O)NCCn2c(C)nc3ccccc32)nn1-c1ccccc1Cl. The number of hydrogen-bond acceptors (Lipinski definition) is 4. The predicted octanol–water partition coefficient (Wildman–Crippen LogP) is 3.28. The molecule has 0 aliphatic rings. The van der Waals surface area contributed by atoms with Gasteiger partial charge in [-0.3, -0.25) is 9.59 Å². The summed E-state index contributed by atoms with van der Waals surface area (Å²) in [6, 6.07) is 16.3. The third-order valence-corrected chi connectivity index (χ3v) is 5.19. The molecule has 0 spiro atoms. The molecule has 0 bridgehead atoms. The fraction of sp³-hybridized carbons (Fsp3) is 0.182. The average Bonchev–Trinajstić information content (AvgIpc) is 3.04. The van der Waals surface area contributed by atoms with Crippen LogP contribution in [0.3, 0.4) is 0 Å². The number of imidazole rings is 1. The van der Waals surface area contributed by atoms with Gasteiger partial charge in [-0.1, -0.05) is 35.9 Å². The highest BCUT2D eigenvalue weighted by atomic mass is 35.5. The van der Waals surface area contributed by atoms with Crippen molar-refractivity contribution in [2.45, 2.75) is 20.4 Å². The molecular weight excluding hydrogens is 402 g/mol. The molecule has 152 valence electrons. The maximum Gasteiger partial charge on any atom is 0.275 e. The van der Waals surface area contributed by atoms with E-state index in [9.17, 15) is 9.59 Å². The van der Waals surface area contributed by atoms with Crippen molar-refractivity contribution in [3.05, 3.63) is 87.1 Å². The molecule has 0 fully saturated rings. The second-order valence-corrected chi connectivity index (χ2v) is 7.32. The zero-order valence-corrected chi connectivity index (χ0v) is 17.3. The number of nitrogens with one attached hydrogen (secondary N) is 1. The molecule has 1 N–H and O–H groups in total. The molecule has 0 atom stereocenters. The van der Waals surface area contributed by atoms with Crippen LogP contribution in [0.5, 0.6) is 0 Å². The van der Waals surface area contributed by atoms with Crippen LogP contribution in [0.4, 0.5) is 0 Å². The number of hydrogen-bond donors (Lipinski definition) is 1. The van der Waals surface area contributed by atoms with Crippen LogP contribution in [-0.2, 0) is 6.54 Å². The normalized spacial score (nSPS) is 11.0. The summed E-state index contributed by atoms with van der Waals surface area (Å²) in [5.41, 5.74) is 2.49. The van der Waals surface area contributed by atoms with E-state index in [0.29, 0.717) is 29.5 Å². The molecular formula is C22H20ClN5O2. The van der Waals surface area contributed by atoms with Gasteiger partial charge in [-0.15, -0.1) is 0 Å². The summed E-state index contributed by atoms with van der Waals surface area (Å²) in [5, 5.41) is 7.54. The van der Waals surface area contributed by atoms with E-state index >= 15 is 0 Å². The minimum Gasteiger partial charge on any atom is -0.349 e. The molecule has 0 saturated carbocycles. The molecule has 0 radical (unpaired) electrons. The fourth-order valence-corrected chi connectivity index (χ4v) is 3.63. The quantitative estimate of drug-likeness (QED) is 0.536. The Balaban J connectivity index is 1.55. The second-order valence-electron chi connectivity index (χ2n) is 6.92. The first-order valence-corrected chi connectivity index (χ1v) is 9.89. The lowest BCUT2D eigenvalue weighted by atomic mass is 10.2. The maximum atomic E-state index is 12.7. The molecule has 0 aliphatic carbocycles. The standard InChI is InChI=1S/C22H20ClN5O2/c1-14-13-20(29)21(26-28(14)18-9-5-3-7-16(18)23)22(30)24-11-12-27-15(2)25-17-8-4-6-10-19(17)27/h3-10,13H,11-12H2,1-2H3,(H,24,30). The first-order valence-electron chi connectivity index (χ1n) is 9.51. The fourth-order valence-electron chi connectivity index (χ4n) is 3.42. The van der Waals surface area contributed by atoms with Gasteiger partial charge >= 0.3 is 0 Å². The number of nitrogens with zero attached hydrogens (tertiary/aromatic N) is 4. The van der Waals surface area contributed by atoms with Gasteiger partial charge in [0, 0.05) is 24.8 Å². The number of carbonyl (C=O) groups excluding carboxylic acids is 1. The minimum absolute atomic E-state index is 0.173. The molecule has 0 unspecified atom stereocenters. The van der Waals surface area contributed by atoms with Gasteiger partial charge in [0.05, 0.1) is 21.7 Å². The van der Waals surface area contributed by atoms with Crippen molar-refractivity contribution in [2.24, 2.45) is 0 Å². The Bertz CT molecular complexity index is 1310. The van der Waals surface area contributed by atoms with Crippen molar-refractivity contribution >= 4 is 28.5 Å². The largest absolute Gasteiger partial charge is 0.349 e. The zero-order chi connectivity index (χ0) is 21.3. The van der Waals surface area contributed by atoms with E-state index in [-0.39, 0.29) is 5.69 Å². The van der Waals surface area contributed by atoms with E-state index in [1.165, 1.54) is 10.7 Å². The Morgan fingerprint density at radius 3 is 2.63 bits per heavy atom. The number of aromatic nitrogens is 4. The van der Waals surface area contributed by atoms with Crippen LogP contribution < -0.4 is 10.7 Å². The van der Waals surface area contributed by atoms with Gasteiger partial charge in [0.15, 0.2) is 5.69 Å². The van der Waals surface area contributed by atoms with E-state index in [1.807, 2.05) is 41.8 Å². The van der Waals surface area contributed by atoms with Crippen molar-refractivity contribution in [3.63, 3.8) is 0 Å². The highest BCUT2D eigenvalue weighted by Gasteiger charge is 2.16. The molecule has 8 heteroatoms. The van der Waals surface area contributed by atoms with E-state index in [2.05, 4.69) is 15.4 Å². The summed E-state index contributed by atoms with van der Waals surface area (Å²) in [6.45, 7) is 4.53. The maximum absolute atomic E-state index is 12.7. The average molecular weight is 422 g/mol. The number of fused-ring (bicyclic) bond motifs is 1. The highest BCUT2D eigenvalue weighted by Crippen LogP contribution is 2.19. The minimum atomic E-state index is -0.525. The smallest absolute Gasteiger partial charge is 0.275 e. The summed E-state index contributed by atoms with van der Waals surface area (Å²) in [5.74, 6) is 0.336. The van der Waals surface area contributed by atoms with Crippen molar-refractivity contribution < 1.29 is 4.79 Å². The van der Waals surface area contributed by atoms with Gasteiger partial charge in [0.1, 0.15) is 5.82 Å². The summed E-state index contributed by atoms with van der Waals surface area (Å²) in [4.78, 5) is 29.6. The van der Waals surface area contributed by atoms with Crippen LogP contribution in [0.25, 0.3) is 16.7 Å². The van der Waals surface area contributed by atoms with E-state index in [4.69, 9.17) is 11.6 Å². The van der Waals surface area contributed by atoms with Gasteiger partial charge in [0.2, 0.25) is 5.43 Å². The molecule has 2 heterocycles. The van der Waals surface area contributed by atoms with E-state index in [0.717, 1.165) is 16.9 Å². The number of amides is 1. The number of para-hydroxylation sites is 3. The predicted molar refractivity (Wildman–Crippen MR) is 116 cm³/mol. The van der Waals surface area contributed by atoms with Gasteiger partial charge in [-0.25, -0.2) is 9.67 Å². The Morgan fingerprint density at radius 1 is 1.10 bits per heavy atom. The summed E-state index contributed by atoms with van der Waals surface area (Å²) < 4.78 is 3.53. The first kappa shape index (κ1) is 19.8. The Hall–Kier alpha value is -3.45. The third-order valence-electron chi connectivity index (χ3n) is 4.87. The molecule has 2 aromatic carbocycles. The van der Waals surface area contributed by atoms with Crippen LogP contribution in [0.1, 0.15) is 22.0 Å². The number of rotatable bonds is 5. The molecule has 4 aromatic rings. The molecule has 30 heavy (non-hydrogen) atoms. The summed E-state index contributed by atoms with van der Waals surface area (Å²) in [6.07, 6.45) is 0. The van der Waals surface area contributed by atoms with Gasteiger partial charge in [-0.2, -0.15) is 5.10 Å². The molecule has 7 nitrogen and oxygen atoms in total. The molecule has 0 saturated heterocycles. The monoisotopic (exact) mass is 421 g/mol. The molecule has 2 aromatic heterocycles. The van der Waals surface area contributed by atoms with E-state index in [1.54, 1.807) is 25.1 Å². The van der Waals surface area contributed by atoms with Crippen LogP contribution in [0.15, 0.2) is 59.4 Å². The number of halogens is 1. The van der Waals surface area contributed by atoms with Crippen LogP contribution >= 0.6 is 11.6 Å². The number of carbonyl (C=O) groups is 1. The Kier molecular flexibility index (Phi) is 5.37. The molecule has 1 amide bonds. The van der Waals surface area contributed by atoms with Gasteiger partial charge in [-0.05, 0) is 38.1 Å².